The minimum atomic E-state index is -0.275. The lowest BCUT2D eigenvalue weighted by molar-refractivity contribution is -0.130. The van der Waals surface area contributed by atoms with E-state index in [0.29, 0.717) is 25.4 Å². The van der Waals surface area contributed by atoms with Crippen LogP contribution in [0.4, 0.5) is 10.2 Å². The van der Waals surface area contributed by atoms with E-state index in [4.69, 9.17) is 9.97 Å². The second-order valence-corrected chi connectivity index (χ2v) is 11.0. The van der Waals surface area contributed by atoms with Crippen molar-refractivity contribution < 1.29 is 9.18 Å². The van der Waals surface area contributed by atoms with E-state index in [1.54, 1.807) is 12.1 Å². The number of piperazine rings is 1. The van der Waals surface area contributed by atoms with Gasteiger partial charge >= 0.3 is 0 Å². The maximum absolute atomic E-state index is 13.2. The number of hydrogen-bond acceptors (Lipinski definition) is 5. The third-order valence-corrected chi connectivity index (χ3v) is 8.56. The molecule has 1 aromatic carbocycles. The Kier molecular flexibility index (Phi) is 6.56. The summed E-state index contributed by atoms with van der Waals surface area (Å²) in [5.41, 5.74) is 2.31. The van der Waals surface area contributed by atoms with E-state index in [1.165, 1.54) is 34.4 Å². The minimum Gasteiger partial charge on any atom is -0.352 e. The molecule has 5 rings (SSSR count). The number of halogens is 1. The molecule has 7 heteroatoms. The molecule has 0 N–H and O–H groups in total. The summed E-state index contributed by atoms with van der Waals surface area (Å²) < 4.78 is 13.2. The molecule has 180 valence electrons. The van der Waals surface area contributed by atoms with E-state index in [0.717, 1.165) is 60.3 Å². The zero-order valence-corrected chi connectivity index (χ0v) is 21.1. The van der Waals surface area contributed by atoms with Crippen LogP contribution in [0.1, 0.15) is 61.4 Å². The van der Waals surface area contributed by atoms with Gasteiger partial charge in [-0.05, 0) is 54.9 Å². The molecule has 1 saturated heterocycles. The first-order chi connectivity index (χ1) is 16.4. The summed E-state index contributed by atoms with van der Waals surface area (Å²) in [6.07, 6.45) is 4.79. The summed E-state index contributed by atoms with van der Waals surface area (Å²) >= 11 is 1.86. The number of hydrogen-bond donors (Lipinski definition) is 0. The summed E-state index contributed by atoms with van der Waals surface area (Å²) in [4.78, 5) is 29.9. The van der Waals surface area contributed by atoms with Crippen LogP contribution in [0, 0.1) is 11.7 Å². The largest absolute Gasteiger partial charge is 0.352 e. The van der Waals surface area contributed by atoms with Gasteiger partial charge < -0.3 is 9.80 Å². The van der Waals surface area contributed by atoms with Crippen LogP contribution in [0.25, 0.3) is 10.2 Å². The summed E-state index contributed by atoms with van der Waals surface area (Å²) in [5.74, 6) is 2.87. The van der Waals surface area contributed by atoms with Gasteiger partial charge in [0.2, 0.25) is 5.91 Å². The second-order valence-electron chi connectivity index (χ2n) is 9.92. The molecule has 5 nitrogen and oxygen atoms in total. The van der Waals surface area contributed by atoms with E-state index in [-0.39, 0.29) is 11.7 Å². The average Bonchev–Trinajstić information content (AvgIpc) is 3.21. The summed E-state index contributed by atoms with van der Waals surface area (Å²) in [6.45, 7) is 9.61. The van der Waals surface area contributed by atoms with Crippen LogP contribution in [-0.4, -0.2) is 47.0 Å². The number of aryl methyl sites for hydroxylation is 1. The van der Waals surface area contributed by atoms with Crippen molar-refractivity contribution >= 4 is 33.3 Å². The van der Waals surface area contributed by atoms with Crippen molar-refractivity contribution in [3.05, 3.63) is 51.9 Å². The van der Waals surface area contributed by atoms with E-state index in [1.807, 2.05) is 16.2 Å². The summed E-state index contributed by atoms with van der Waals surface area (Å²) in [7, 11) is 0. The Labute approximate surface area is 205 Å². The molecule has 1 aliphatic carbocycles. The number of amides is 1. The first kappa shape index (κ1) is 23.2. The number of aromatic nitrogens is 2. The minimum absolute atomic E-state index is 0.0984. The lowest BCUT2D eigenvalue weighted by Crippen LogP contribution is -2.49. The molecular formula is C27H33FN4OS. The predicted molar refractivity (Wildman–Crippen MR) is 136 cm³/mol. The van der Waals surface area contributed by atoms with Crippen LogP contribution in [-0.2, 0) is 24.1 Å². The van der Waals surface area contributed by atoms with Crippen LogP contribution in [0.3, 0.4) is 0 Å². The van der Waals surface area contributed by atoms with E-state index < -0.39 is 0 Å². The smallest absolute Gasteiger partial charge is 0.227 e. The highest BCUT2D eigenvalue weighted by Crippen LogP contribution is 2.41. The highest BCUT2D eigenvalue weighted by Gasteiger charge is 2.29. The zero-order valence-electron chi connectivity index (χ0n) is 20.3. The number of anilines is 1. The first-order valence-electron chi connectivity index (χ1n) is 12.5. The molecule has 3 aromatic rings. The number of thiophene rings is 1. The summed E-state index contributed by atoms with van der Waals surface area (Å²) in [5, 5.41) is 1.25. The standard InChI is InChI=1S/C27H33FN4OS/c1-4-18(3)25-29-26(24-21-10-5-17(2)15-22(21)34-27(24)30-25)32-13-11-31(12-14-32)23(33)16-19-6-8-20(28)9-7-19/h6-9,17-18H,4-5,10-16H2,1-3H3. The van der Waals surface area contributed by atoms with Crippen molar-refractivity contribution in [1.29, 1.82) is 0 Å². The maximum Gasteiger partial charge on any atom is 0.227 e. The number of benzene rings is 1. The van der Waals surface area contributed by atoms with Gasteiger partial charge in [-0.25, -0.2) is 14.4 Å². The van der Waals surface area contributed by atoms with Crippen molar-refractivity contribution in [3.8, 4) is 0 Å². The monoisotopic (exact) mass is 480 g/mol. The lowest BCUT2D eigenvalue weighted by atomic mass is 9.89. The van der Waals surface area contributed by atoms with E-state index >= 15 is 0 Å². The number of rotatable bonds is 5. The van der Waals surface area contributed by atoms with Gasteiger partial charge in [0.1, 0.15) is 22.3 Å². The van der Waals surface area contributed by atoms with Crippen molar-refractivity contribution in [3.63, 3.8) is 0 Å². The SMILES string of the molecule is CCC(C)c1nc(N2CCN(C(=O)Cc3ccc(F)cc3)CC2)c2c3c(sc2n1)CC(C)CC3. The Morgan fingerprint density at radius 3 is 2.62 bits per heavy atom. The highest BCUT2D eigenvalue weighted by molar-refractivity contribution is 7.19. The van der Waals surface area contributed by atoms with Gasteiger partial charge in [0, 0.05) is 37.0 Å². The molecule has 1 aliphatic heterocycles. The van der Waals surface area contributed by atoms with Gasteiger partial charge in [0.15, 0.2) is 0 Å². The fourth-order valence-corrected chi connectivity index (χ4v) is 6.41. The van der Waals surface area contributed by atoms with Crippen molar-refractivity contribution in [2.45, 2.75) is 58.8 Å². The number of carbonyl (C=O) groups excluding carboxylic acids is 1. The molecule has 2 aromatic heterocycles. The maximum atomic E-state index is 13.2. The molecule has 0 saturated carbocycles. The Morgan fingerprint density at radius 1 is 1.18 bits per heavy atom. The third-order valence-electron chi connectivity index (χ3n) is 7.41. The molecule has 0 bridgehead atoms. The average molecular weight is 481 g/mol. The third kappa shape index (κ3) is 4.54. The molecule has 0 radical (unpaired) electrons. The van der Waals surface area contributed by atoms with Crippen LogP contribution in [0.2, 0.25) is 0 Å². The molecule has 1 fully saturated rings. The van der Waals surface area contributed by atoms with E-state index in [2.05, 4.69) is 25.7 Å². The van der Waals surface area contributed by atoms with Gasteiger partial charge in [-0.1, -0.05) is 32.9 Å². The van der Waals surface area contributed by atoms with Gasteiger partial charge in [-0.2, -0.15) is 0 Å². The molecule has 2 atom stereocenters. The Morgan fingerprint density at radius 2 is 1.91 bits per heavy atom. The van der Waals surface area contributed by atoms with Gasteiger partial charge in [0.25, 0.3) is 0 Å². The molecule has 2 unspecified atom stereocenters. The second kappa shape index (κ2) is 9.61. The quantitative estimate of drug-likeness (QED) is 0.493. The Balaban J connectivity index is 1.38. The van der Waals surface area contributed by atoms with Crippen LogP contribution in [0.15, 0.2) is 24.3 Å². The zero-order chi connectivity index (χ0) is 23.8. The molecule has 0 spiro atoms. The number of fused-ring (bicyclic) bond motifs is 3. The number of carbonyl (C=O) groups is 1. The fraction of sp³-hybridized carbons (Fsp3) is 0.519. The first-order valence-corrected chi connectivity index (χ1v) is 13.3. The van der Waals surface area contributed by atoms with Crippen molar-refractivity contribution in [2.75, 3.05) is 31.1 Å². The number of nitrogens with zero attached hydrogens (tertiary/aromatic N) is 4. The van der Waals surface area contributed by atoms with E-state index in [9.17, 15) is 9.18 Å². The highest BCUT2D eigenvalue weighted by atomic mass is 32.1. The van der Waals surface area contributed by atoms with Crippen LogP contribution in [0.5, 0.6) is 0 Å². The van der Waals surface area contributed by atoms with Crippen molar-refractivity contribution in [2.24, 2.45) is 5.92 Å². The topological polar surface area (TPSA) is 49.3 Å². The summed E-state index contributed by atoms with van der Waals surface area (Å²) in [6, 6.07) is 6.21. The van der Waals surface area contributed by atoms with Crippen molar-refractivity contribution in [1.82, 2.24) is 14.9 Å². The fourth-order valence-electron chi connectivity index (χ4n) is 5.03. The lowest BCUT2D eigenvalue weighted by Gasteiger charge is -2.36. The molecule has 3 heterocycles. The molecule has 2 aliphatic rings. The van der Waals surface area contributed by atoms with Gasteiger partial charge in [-0.15, -0.1) is 11.3 Å². The van der Waals surface area contributed by atoms with Crippen LogP contribution < -0.4 is 4.90 Å². The molecular weight excluding hydrogens is 447 g/mol. The predicted octanol–water partition coefficient (Wildman–Crippen LogP) is 5.36. The van der Waals surface area contributed by atoms with Gasteiger partial charge in [0.05, 0.1) is 11.8 Å². The Bertz CT molecular complexity index is 1180. The Hall–Kier alpha value is -2.54. The van der Waals surface area contributed by atoms with Gasteiger partial charge in [-0.3, -0.25) is 4.79 Å². The normalized spacial score (nSPS) is 19.4. The van der Waals surface area contributed by atoms with Crippen LogP contribution >= 0.6 is 11.3 Å². The molecule has 1 amide bonds. The molecule has 34 heavy (non-hydrogen) atoms.